The first kappa shape index (κ1) is 12.6. The molecular weight excluding hydrogens is 212 g/mol. The predicted octanol–water partition coefficient (Wildman–Crippen LogP) is 1.30. The zero-order chi connectivity index (χ0) is 12.3. The molecule has 1 aromatic rings. The van der Waals surface area contributed by atoms with Gasteiger partial charge >= 0.3 is 0 Å². The predicted molar refractivity (Wildman–Crippen MR) is 69.9 cm³/mol. The molecule has 0 amide bonds. The van der Waals surface area contributed by atoms with Crippen molar-refractivity contribution in [1.29, 1.82) is 0 Å². The molecule has 1 aromatic heterocycles. The summed E-state index contributed by atoms with van der Waals surface area (Å²) in [6, 6.07) is 2.79. The third kappa shape index (κ3) is 3.30. The Morgan fingerprint density at radius 2 is 2.12 bits per heavy atom. The van der Waals surface area contributed by atoms with Gasteiger partial charge in [0, 0.05) is 26.2 Å². The lowest BCUT2D eigenvalue weighted by Crippen LogP contribution is -2.38. The van der Waals surface area contributed by atoms with E-state index in [2.05, 4.69) is 28.3 Å². The maximum atomic E-state index is 4.35. The van der Waals surface area contributed by atoms with Gasteiger partial charge in [-0.25, -0.2) is 0 Å². The molecule has 0 bridgehead atoms. The Morgan fingerprint density at radius 3 is 2.71 bits per heavy atom. The lowest BCUT2D eigenvalue weighted by atomic mass is 10.3. The zero-order valence-electron chi connectivity index (χ0n) is 11.2. The fraction of sp³-hybridized carbons (Fsp3) is 0.769. The lowest BCUT2D eigenvalue weighted by Gasteiger charge is -2.23. The maximum absolute atomic E-state index is 4.35. The van der Waals surface area contributed by atoms with Gasteiger partial charge in [0.05, 0.1) is 11.4 Å². The molecule has 4 heteroatoms. The summed E-state index contributed by atoms with van der Waals surface area (Å²) in [5.41, 5.74) is 2.35. The first-order valence-electron chi connectivity index (χ1n) is 6.61. The van der Waals surface area contributed by atoms with Gasteiger partial charge in [-0.05, 0) is 45.8 Å². The van der Waals surface area contributed by atoms with Crippen molar-refractivity contribution in [3.63, 3.8) is 0 Å². The summed E-state index contributed by atoms with van der Waals surface area (Å²) in [5.74, 6) is 0. The first-order chi connectivity index (χ1) is 8.16. The summed E-state index contributed by atoms with van der Waals surface area (Å²) in [7, 11) is 2.01. The van der Waals surface area contributed by atoms with Gasteiger partial charge in [-0.2, -0.15) is 5.10 Å². The molecule has 1 aliphatic rings. The molecule has 0 spiro atoms. The van der Waals surface area contributed by atoms with Crippen LogP contribution >= 0.6 is 0 Å². The van der Waals surface area contributed by atoms with Crippen molar-refractivity contribution in [1.82, 2.24) is 20.0 Å². The third-order valence-corrected chi connectivity index (χ3v) is 3.61. The Bertz CT molecular complexity index is 352. The molecule has 0 saturated carbocycles. The number of hydrogen-bond acceptors (Lipinski definition) is 3. The van der Waals surface area contributed by atoms with Crippen LogP contribution < -0.4 is 5.32 Å². The Hall–Kier alpha value is -0.870. The molecule has 1 saturated heterocycles. The monoisotopic (exact) mass is 236 g/mol. The van der Waals surface area contributed by atoms with E-state index in [1.807, 2.05) is 18.7 Å². The molecule has 0 radical (unpaired) electrons. The van der Waals surface area contributed by atoms with E-state index < -0.39 is 0 Å². The molecule has 1 aliphatic heterocycles. The van der Waals surface area contributed by atoms with Crippen molar-refractivity contribution >= 4 is 0 Å². The highest BCUT2D eigenvalue weighted by Crippen LogP contribution is 2.10. The average molecular weight is 236 g/mol. The van der Waals surface area contributed by atoms with Crippen LogP contribution in [0.2, 0.25) is 0 Å². The van der Waals surface area contributed by atoms with Crippen LogP contribution in [0.25, 0.3) is 0 Å². The van der Waals surface area contributed by atoms with E-state index in [0.29, 0.717) is 6.04 Å². The summed E-state index contributed by atoms with van der Waals surface area (Å²) in [6.07, 6.45) is 2.73. The van der Waals surface area contributed by atoms with Crippen molar-refractivity contribution in [3.05, 3.63) is 17.5 Å². The minimum Gasteiger partial charge on any atom is -0.310 e. The number of aromatic nitrogens is 2. The van der Waals surface area contributed by atoms with Crippen LogP contribution in [0.5, 0.6) is 0 Å². The molecule has 4 nitrogen and oxygen atoms in total. The number of nitrogens with one attached hydrogen (secondary N) is 1. The van der Waals surface area contributed by atoms with Crippen molar-refractivity contribution in [2.24, 2.45) is 7.05 Å². The Kier molecular flexibility index (Phi) is 4.18. The molecule has 1 fully saturated rings. The van der Waals surface area contributed by atoms with Gasteiger partial charge in [0.25, 0.3) is 0 Å². The van der Waals surface area contributed by atoms with Gasteiger partial charge in [-0.3, -0.25) is 9.58 Å². The van der Waals surface area contributed by atoms with Gasteiger partial charge < -0.3 is 5.32 Å². The second kappa shape index (κ2) is 5.65. The molecule has 17 heavy (non-hydrogen) atoms. The van der Waals surface area contributed by atoms with Crippen LogP contribution in [0, 0.1) is 6.92 Å². The minimum absolute atomic E-state index is 0.645. The van der Waals surface area contributed by atoms with Crippen molar-refractivity contribution in [3.8, 4) is 0 Å². The molecular formula is C13H24N4. The number of hydrogen-bond donors (Lipinski definition) is 1. The third-order valence-electron chi connectivity index (χ3n) is 3.61. The second-order valence-electron chi connectivity index (χ2n) is 5.12. The Labute approximate surface area is 104 Å². The maximum Gasteiger partial charge on any atom is 0.0597 e. The topological polar surface area (TPSA) is 33.1 Å². The molecule has 0 aromatic carbocycles. The Morgan fingerprint density at radius 1 is 1.41 bits per heavy atom. The largest absolute Gasteiger partial charge is 0.310 e. The summed E-state index contributed by atoms with van der Waals surface area (Å²) < 4.78 is 1.96. The number of aryl methyl sites for hydroxylation is 2. The van der Waals surface area contributed by atoms with Gasteiger partial charge in [-0.1, -0.05) is 0 Å². The molecule has 1 atom stereocenters. The summed E-state index contributed by atoms with van der Waals surface area (Å²) in [4.78, 5) is 2.57. The van der Waals surface area contributed by atoms with Crippen LogP contribution in [0.3, 0.4) is 0 Å². The first-order valence-corrected chi connectivity index (χ1v) is 6.61. The van der Waals surface area contributed by atoms with E-state index in [9.17, 15) is 0 Å². The second-order valence-corrected chi connectivity index (χ2v) is 5.12. The highest BCUT2D eigenvalue weighted by molar-refractivity contribution is 5.08. The Balaban J connectivity index is 1.73. The molecule has 96 valence electrons. The lowest BCUT2D eigenvalue weighted by molar-refractivity contribution is 0.251. The number of likely N-dealkylation sites (tertiary alicyclic amines) is 1. The van der Waals surface area contributed by atoms with E-state index in [0.717, 1.165) is 18.8 Å². The van der Waals surface area contributed by atoms with Gasteiger partial charge in [-0.15, -0.1) is 0 Å². The van der Waals surface area contributed by atoms with Crippen LogP contribution in [0.1, 0.15) is 31.2 Å². The van der Waals surface area contributed by atoms with Crippen molar-refractivity contribution in [2.45, 2.75) is 39.3 Å². The number of nitrogens with zero attached hydrogens (tertiary/aromatic N) is 3. The SMILES string of the molecule is Cc1cc(CNCC(C)N2CCCC2)n(C)n1. The van der Waals surface area contributed by atoms with E-state index in [1.165, 1.54) is 31.6 Å². The van der Waals surface area contributed by atoms with Crippen molar-refractivity contribution in [2.75, 3.05) is 19.6 Å². The molecule has 2 heterocycles. The molecule has 1 unspecified atom stereocenters. The molecule has 2 rings (SSSR count). The summed E-state index contributed by atoms with van der Waals surface area (Å²) in [6.45, 7) is 8.87. The van der Waals surface area contributed by atoms with Crippen LogP contribution in [0.4, 0.5) is 0 Å². The fourth-order valence-corrected chi connectivity index (χ4v) is 2.55. The van der Waals surface area contributed by atoms with E-state index >= 15 is 0 Å². The quantitative estimate of drug-likeness (QED) is 0.836. The van der Waals surface area contributed by atoms with Gasteiger partial charge in [0.15, 0.2) is 0 Å². The van der Waals surface area contributed by atoms with E-state index in [-0.39, 0.29) is 0 Å². The number of rotatable bonds is 5. The standard InChI is InChI=1S/C13H24N4/c1-11-8-13(16(3)15-11)10-14-9-12(2)17-6-4-5-7-17/h8,12,14H,4-7,9-10H2,1-3H3. The molecule has 0 aliphatic carbocycles. The van der Waals surface area contributed by atoms with Crippen LogP contribution in [-0.2, 0) is 13.6 Å². The van der Waals surface area contributed by atoms with E-state index in [4.69, 9.17) is 0 Å². The van der Waals surface area contributed by atoms with Gasteiger partial charge in [0.2, 0.25) is 0 Å². The fourth-order valence-electron chi connectivity index (χ4n) is 2.55. The summed E-state index contributed by atoms with van der Waals surface area (Å²) in [5, 5.41) is 7.88. The van der Waals surface area contributed by atoms with Crippen LogP contribution in [-0.4, -0.2) is 40.4 Å². The molecule has 1 N–H and O–H groups in total. The summed E-state index contributed by atoms with van der Waals surface area (Å²) >= 11 is 0. The van der Waals surface area contributed by atoms with Crippen molar-refractivity contribution < 1.29 is 0 Å². The van der Waals surface area contributed by atoms with E-state index in [1.54, 1.807) is 0 Å². The minimum atomic E-state index is 0.645. The van der Waals surface area contributed by atoms with Crippen LogP contribution in [0.15, 0.2) is 6.07 Å². The zero-order valence-corrected chi connectivity index (χ0v) is 11.2. The van der Waals surface area contributed by atoms with Gasteiger partial charge in [0.1, 0.15) is 0 Å². The average Bonchev–Trinajstić information content (AvgIpc) is 2.89. The highest BCUT2D eigenvalue weighted by Gasteiger charge is 2.17. The normalized spacial score (nSPS) is 18.8. The smallest absolute Gasteiger partial charge is 0.0597 e. The highest BCUT2D eigenvalue weighted by atomic mass is 15.3.